The lowest BCUT2D eigenvalue weighted by Gasteiger charge is -2.38. The summed E-state index contributed by atoms with van der Waals surface area (Å²) in [5, 5.41) is 8.79. The number of aliphatic hydroxyl groups is 1. The summed E-state index contributed by atoms with van der Waals surface area (Å²) in [4.78, 5) is 11.9. The van der Waals surface area contributed by atoms with Crippen molar-refractivity contribution in [2.75, 3.05) is 19.8 Å². The van der Waals surface area contributed by atoms with E-state index in [9.17, 15) is 22.4 Å². The number of hydrogen-bond donors (Lipinski definition) is 1. The second-order valence-corrected chi connectivity index (χ2v) is 3.87. The number of rotatable bonds is 3. The fourth-order valence-electron chi connectivity index (χ4n) is 1.50. The Kier molecular flexibility index (Phi) is 4.31. The van der Waals surface area contributed by atoms with Crippen LogP contribution in [-0.4, -0.2) is 60.2 Å². The summed E-state index contributed by atoms with van der Waals surface area (Å²) in [6.45, 7) is 0.554. The molecule has 1 aliphatic heterocycles. The van der Waals surface area contributed by atoms with Gasteiger partial charge in [-0.3, -0.25) is 4.79 Å². The van der Waals surface area contributed by atoms with E-state index in [1.54, 1.807) is 0 Å². The molecule has 17 heavy (non-hydrogen) atoms. The third-order valence-electron chi connectivity index (χ3n) is 2.53. The molecule has 1 amide bonds. The van der Waals surface area contributed by atoms with Gasteiger partial charge in [0.2, 0.25) is 0 Å². The van der Waals surface area contributed by atoms with Crippen LogP contribution in [0.15, 0.2) is 0 Å². The van der Waals surface area contributed by atoms with E-state index in [1.807, 2.05) is 0 Å². The Bertz CT molecular complexity index is 287. The van der Waals surface area contributed by atoms with E-state index in [1.165, 1.54) is 6.92 Å². The predicted molar refractivity (Wildman–Crippen MR) is 49.0 cm³/mol. The van der Waals surface area contributed by atoms with Crippen LogP contribution >= 0.6 is 0 Å². The molecule has 2 atom stereocenters. The molecular weight excluding hydrogens is 246 g/mol. The van der Waals surface area contributed by atoms with Gasteiger partial charge in [0.05, 0.1) is 25.4 Å². The van der Waals surface area contributed by atoms with Gasteiger partial charge in [0.1, 0.15) is 0 Å². The highest BCUT2D eigenvalue weighted by molar-refractivity contribution is 5.84. The second-order valence-electron chi connectivity index (χ2n) is 3.87. The molecule has 1 rings (SSSR count). The Labute approximate surface area is 95.1 Å². The number of ether oxygens (including phenoxy) is 1. The zero-order valence-electron chi connectivity index (χ0n) is 9.08. The van der Waals surface area contributed by atoms with E-state index in [0.29, 0.717) is 4.90 Å². The summed E-state index contributed by atoms with van der Waals surface area (Å²) in [7, 11) is 0. The Balaban J connectivity index is 2.79. The van der Waals surface area contributed by atoms with Gasteiger partial charge in [0, 0.05) is 6.54 Å². The minimum Gasteiger partial charge on any atom is -0.394 e. The van der Waals surface area contributed by atoms with Gasteiger partial charge < -0.3 is 14.7 Å². The van der Waals surface area contributed by atoms with Gasteiger partial charge in [0.15, 0.2) is 0 Å². The zero-order chi connectivity index (χ0) is 13.2. The van der Waals surface area contributed by atoms with Crippen molar-refractivity contribution in [2.24, 2.45) is 0 Å². The molecule has 1 saturated heterocycles. The molecule has 1 aliphatic rings. The summed E-state index contributed by atoms with van der Waals surface area (Å²) in [5.41, 5.74) is 0. The molecule has 0 bridgehead atoms. The van der Waals surface area contributed by atoms with E-state index in [-0.39, 0.29) is 13.2 Å². The number of morpholine rings is 1. The van der Waals surface area contributed by atoms with E-state index in [0.717, 1.165) is 0 Å². The van der Waals surface area contributed by atoms with Crippen LogP contribution in [0.5, 0.6) is 0 Å². The average Bonchev–Trinajstić information content (AvgIpc) is 2.28. The molecule has 2 unspecified atom stereocenters. The summed E-state index contributed by atoms with van der Waals surface area (Å²) in [5.74, 6) is -6.63. The predicted octanol–water partition coefficient (Wildman–Crippen LogP) is 0.495. The van der Waals surface area contributed by atoms with Crippen molar-refractivity contribution in [3.63, 3.8) is 0 Å². The van der Waals surface area contributed by atoms with Crippen LogP contribution in [0.3, 0.4) is 0 Å². The van der Waals surface area contributed by atoms with E-state index in [4.69, 9.17) is 9.84 Å². The third kappa shape index (κ3) is 2.86. The molecule has 0 aliphatic carbocycles. The monoisotopic (exact) mass is 259 g/mol. The highest BCUT2D eigenvalue weighted by Gasteiger charge is 2.52. The lowest BCUT2D eigenvalue weighted by molar-refractivity contribution is -0.191. The molecule has 1 fully saturated rings. The molecule has 0 aromatic carbocycles. The van der Waals surface area contributed by atoms with E-state index < -0.39 is 37.0 Å². The molecule has 4 nitrogen and oxygen atoms in total. The number of halogens is 4. The lowest BCUT2D eigenvalue weighted by Crippen LogP contribution is -2.58. The molecule has 100 valence electrons. The largest absolute Gasteiger partial charge is 0.394 e. The molecule has 0 saturated carbocycles. The first-order chi connectivity index (χ1) is 7.80. The number of amides is 1. The first-order valence-corrected chi connectivity index (χ1v) is 5.00. The fraction of sp³-hybridized carbons (Fsp3) is 0.889. The van der Waals surface area contributed by atoms with Crippen molar-refractivity contribution < 1.29 is 32.2 Å². The lowest BCUT2D eigenvalue weighted by atomic mass is 10.1. The van der Waals surface area contributed by atoms with Gasteiger partial charge in [-0.15, -0.1) is 0 Å². The average molecular weight is 259 g/mol. The second kappa shape index (κ2) is 5.18. The summed E-state index contributed by atoms with van der Waals surface area (Å²) < 4.78 is 54.9. The van der Waals surface area contributed by atoms with Gasteiger partial charge >= 0.3 is 12.3 Å². The molecular formula is C9H13F4NO3. The molecule has 0 aromatic rings. The van der Waals surface area contributed by atoms with Crippen molar-refractivity contribution in [2.45, 2.75) is 31.4 Å². The van der Waals surface area contributed by atoms with Crippen molar-refractivity contribution >= 4 is 5.91 Å². The Hall–Kier alpha value is -0.890. The van der Waals surface area contributed by atoms with Gasteiger partial charge in [-0.05, 0) is 6.92 Å². The van der Waals surface area contributed by atoms with Crippen LogP contribution < -0.4 is 0 Å². The standard InChI is InChI=1S/C9H13F4NO3/c1-5-4-17-6(3-15)2-14(5)8(16)9(12,13)7(10)11/h5-7,15H,2-4H2,1H3. The summed E-state index contributed by atoms with van der Waals surface area (Å²) in [6.07, 6.45) is -4.86. The smallest absolute Gasteiger partial charge is 0.383 e. The number of carbonyl (C=O) groups is 1. The first-order valence-electron chi connectivity index (χ1n) is 5.00. The maximum absolute atomic E-state index is 12.9. The normalized spacial score (nSPS) is 26.4. The Morgan fingerprint density at radius 2 is 2.18 bits per heavy atom. The Morgan fingerprint density at radius 1 is 1.59 bits per heavy atom. The first kappa shape index (κ1) is 14.2. The quantitative estimate of drug-likeness (QED) is 0.751. The van der Waals surface area contributed by atoms with Gasteiger partial charge in [-0.2, -0.15) is 8.78 Å². The van der Waals surface area contributed by atoms with Crippen LogP contribution in [0.4, 0.5) is 17.6 Å². The number of carbonyl (C=O) groups excluding carboxylic acids is 1. The molecule has 0 aromatic heterocycles. The molecule has 1 N–H and O–H groups in total. The van der Waals surface area contributed by atoms with Crippen molar-refractivity contribution in [1.82, 2.24) is 4.90 Å². The maximum Gasteiger partial charge on any atom is 0.383 e. The molecule has 0 spiro atoms. The number of hydrogen-bond acceptors (Lipinski definition) is 3. The van der Waals surface area contributed by atoms with Crippen LogP contribution in [0.2, 0.25) is 0 Å². The van der Waals surface area contributed by atoms with Gasteiger partial charge in [-0.1, -0.05) is 0 Å². The number of alkyl halides is 4. The van der Waals surface area contributed by atoms with Crippen molar-refractivity contribution in [3.8, 4) is 0 Å². The molecule has 1 heterocycles. The van der Waals surface area contributed by atoms with Crippen LogP contribution in [0.25, 0.3) is 0 Å². The van der Waals surface area contributed by atoms with Gasteiger partial charge in [0.25, 0.3) is 5.91 Å². The topological polar surface area (TPSA) is 49.8 Å². The number of nitrogens with zero attached hydrogens (tertiary/aromatic N) is 1. The summed E-state index contributed by atoms with van der Waals surface area (Å²) in [6, 6.07) is -0.727. The molecule has 8 heteroatoms. The number of aliphatic hydroxyl groups excluding tert-OH is 1. The minimum atomic E-state index is -4.70. The van der Waals surface area contributed by atoms with Crippen LogP contribution in [-0.2, 0) is 9.53 Å². The SMILES string of the molecule is CC1COC(CO)CN1C(=O)C(F)(F)C(F)F. The van der Waals surface area contributed by atoms with Crippen LogP contribution in [0, 0.1) is 0 Å². The highest BCUT2D eigenvalue weighted by Crippen LogP contribution is 2.27. The van der Waals surface area contributed by atoms with Crippen molar-refractivity contribution in [1.29, 1.82) is 0 Å². The molecule has 0 radical (unpaired) electrons. The summed E-state index contributed by atoms with van der Waals surface area (Å²) >= 11 is 0. The van der Waals surface area contributed by atoms with E-state index in [2.05, 4.69) is 0 Å². The van der Waals surface area contributed by atoms with Crippen molar-refractivity contribution in [3.05, 3.63) is 0 Å². The fourth-order valence-corrected chi connectivity index (χ4v) is 1.50. The minimum absolute atomic E-state index is 0.0731. The third-order valence-corrected chi connectivity index (χ3v) is 2.53. The van der Waals surface area contributed by atoms with Crippen LogP contribution in [0.1, 0.15) is 6.92 Å². The van der Waals surface area contributed by atoms with Gasteiger partial charge in [-0.25, -0.2) is 8.78 Å². The maximum atomic E-state index is 12.9. The van der Waals surface area contributed by atoms with E-state index >= 15 is 0 Å². The Morgan fingerprint density at radius 3 is 2.65 bits per heavy atom. The highest BCUT2D eigenvalue weighted by atomic mass is 19.3. The zero-order valence-corrected chi connectivity index (χ0v) is 9.08.